The first-order valence-electron chi connectivity index (χ1n) is 8.23. The molecule has 0 aliphatic carbocycles. The molecule has 0 unspecified atom stereocenters. The van der Waals surface area contributed by atoms with E-state index in [9.17, 15) is 18.0 Å². The zero-order chi connectivity index (χ0) is 21.2. The van der Waals surface area contributed by atoms with Gasteiger partial charge in [0.25, 0.3) is 0 Å². The van der Waals surface area contributed by atoms with E-state index in [4.69, 9.17) is 9.26 Å². The lowest BCUT2D eigenvalue weighted by molar-refractivity contribution is -0.137. The van der Waals surface area contributed by atoms with E-state index in [-0.39, 0.29) is 17.0 Å². The fourth-order valence-electron chi connectivity index (χ4n) is 2.58. The van der Waals surface area contributed by atoms with E-state index in [1.165, 1.54) is 18.2 Å². The molecule has 0 aliphatic rings. The number of hydrogen-bond acceptors (Lipinski definition) is 4. The number of nitrogens with zero attached hydrogens (tertiary/aromatic N) is 1. The summed E-state index contributed by atoms with van der Waals surface area (Å²) in [6.07, 6.45) is -5.63. The van der Waals surface area contributed by atoms with E-state index in [1.54, 1.807) is 31.2 Å². The number of ether oxygens (including phenoxy) is 1. The van der Waals surface area contributed by atoms with Crippen molar-refractivity contribution in [3.05, 3.63) is 76.4 Å². The van der Waals surface area contributed by atoms with Gasteiger partial charge in [-0.25, -0.2) is 4.79 Å². The summed E-state index contributed by atoms with van der Waals surface area (Å²) < 4.78 is 50.6. The first-order valence-corrected chi connectivity index (χ1v) is 9.02. The lowest BCUT2D eigenvalue weighted by atomic mass is 10.1. The topological polar surface area (TPSA) is 64.4 Å². The van der Waals surface area contributed by atoms with Crippen molar-refractivity contribution >= 4 is 33.5 Å². The van der Waals surface area contributed by atoms with Gasteiger partial charge in [0, 0.05) is 15.6 Å². The molecule has 0 atom stereocenters. The van der Waals surface area contributed by atoms with Crippen molar-refractivity contribution in [1.82, 2.24) is 5.16 Å². The molecule has 5 nitrogen and oxygen atoms in total. The fourth-order valence-corrected chi connectivity index (χ4v) is 2.85. The Morgan fingerprint density at radius 2 is 1.83 bits per heavy atom. The van der Waals surface area contributed by atoms with Gasteiger partial charge in [-0.2, -0.15) is 13.2 Å². The minimum Gasteiger partial charge on any atom is -0.410 e. The van der Waals surface area contributed by atoms with Crippen LogP contribution in [0.3, 0.4) is 0 Å². The van der Waals surface area contributed by atoms with Crippen LogP contribution in [0.4, 0.5) is 23.7 Å². The highest BCUT2D eigenvalue weighted by atomic mass is 79.9. The lowest BCUT2D eigenvalue weighted by Crippen LogP contribution is -2.15. The van der Waals surface area contributed by atoms with E-state index in [0.29, 0.717) is 11.3 Å². The third-order valence-corrected chi connectivity index (χ3v) is 4.47. The summed E-state index contributed by atoms with van der Waals surface area (Å²) >= 11 is 3.33. The third-order valence-electron chi connectivity index (χ3n) is 3.94. The number of aryl methyl sites for hydroxylation is 1. The van der Waals surface area contributed by atoms with Crippen LogP contribution in [0.15, 0.2) is 64.1 Å². The van der Waals surface area contributed by atoms with Gasteiger partial charge in [-0.3, -0.25) is 5.32 Å². The molecule has 0 saturated carbocycles. The fraction of sp³-hybridized carbons (Fsp3) is 0.100. The second-order valence-corrected chi connectivity index (χ2v) is 6.88. The molecule has 0 fully saturated rings. The monoisotopic (exact) mass is 466 g/mol. The number of aromatic nitrogens is 1. The standard InChI is InChI=1S/C20H14BrF3N2O3/c1-11-17(18(29-26-11)13-7-9-14(21)10-8-13)25-19(27)28-12(2)15-5-3-4-6-16(15)20(22,23)24/h3-10H,2H2,1H3,(H,25,27). The van der Waals surface area contributed by atoms with Crippen LogP contribution in [0.1, 0.15) is 16.8 Å². The van der Waals surface area contributed by atoms with Crippen molar-refractivity contribution in [2.75, 3.05) is 5.32 Å². The Hall–Kier alpha value is -3.07. The Labute approximate surface area is 172 Å². The summed E-state index contributed by atoms with van der Waals surface area (Å²) in [5.41, 5.74) is -0.0134. The highest BCUT2D eigenvalue weighted by molar-refractivity contribution is 9.10. The first-order chi connectivity index (χ1) is 13.7. The summed E-state index contributed by atoms with van der Waals surface area (Å²) in [5.74, 6) is -0.150. The molecule has 150 valence electrons. The summed E-state index contributed by atoms with van der Waals surface area (Å²) in [7, 11) is 0. The van der Waals surface area contributed by atoms with Gasteiger partial charge in [0.15, 0.2) is 5.76 Å². The van der Waals surface area contributed by atoms with Crippen LogP contribution in [-0.4, -0.2) is 11.2 Å². The van der Waals surface area contributed by atoms with Crippen molar-refractivity contribution in [3.8, 4) is 11.3 Å². The molecular weight excluding hydrogens is 453 g/mol. The maximum Gasteiger partial charge on any atom is 0.417 e. The van der Waals surface area contributed by atoms with Crippen molar-refractivity contribution in [3.63, 3.8) is 0 Å². The molecule has 3 rings (SSSR count). The molecule has 1 aromatic heterocycles. The average Bonchev–Trinajstić information content (AvgIpc) is 3.02. The Balaban J connectivity index is 1.80. The number of alkyl halides is 3. The summed E-state index contributed by atoms with van der Waals surface area (Å²) in [4.78, 5) is 12.3. The Kier molecular flexibility index (Phi) is 5.78. The molecule has 0 saturated heterocycles. The van der Waals surface area contributed by atoms with Gasteiger partial charge in [0.2, 0.25) is 0 Å². The highest BCUT2D eigenvalue weighted by Gasteiger charge is 2.34. The quantitative estimate of drug-likeness (QED) is 0.437. The van der Waals surface area contributed by atoms with Crippen LogP contribution in [0.25, 0.3) is 17.1 Å². The first kappa shape index (κ1) is 20.7. The zero-order valence-electron chi connectivity index (χ0n) is 15.0. The SMILES string of the molecule is C=C(OC(=O)Nc1c(C)noc1-c1ccc(Br)cc1)c1ccccc1C(F)(F)F. The van der Waals surface area contributed by atoms with Gasteiger partial charge in [-0.15, -0.1) is 0 Å². The Morgan fingerprint density at radius 3 is 2.48 bits per heavy atom. The number of benzene rings is 2. The normalized spacial score (nSPS) is 11.2. The second-order valence-electron chi connectivity index (χ2n) is 5.96. The minimum atomic E-state index is -4.61. The molecule has 0 spiro atoms. The van der Waals surface area contributed by atoms with Crippen molar-refractivity contribution in [2.45, 2.75) is 13.1 Å². The number of carbonyl (C=O) groups excluding carboxylic acids is 1. The number of carbonyl (C=O) groups is 1. The molecule has 9 heteroatoms. The van der Waals surface area contributed by atoms with Crippen LogP contribution in [0.5, 0.6) is 0 Å². The average molecular weight is 467 g/mol. The predicted molar refractivity (Wildman–Crippen MR) is 105 cm³/mol. The molecule has 1 heterocycles. The van der Waals surface area contributed by atoms with Gasteiger partial charge in [0.1, 0.15) is 17.1 Å². The van der Waals surface area contributed by atoms with Crippen LogP contribution in [0.2, 0.25) is 0 Å². The molecule has 29 heavy (non-hydrogen) atoms. The van der Waals surface area contributed by atoms with Crippen LogP contribution in [-0.2, 0) is 10.9 Å². The van der Waals surface area contributed by atoms with Gasteiger partial charge in [0.05, 0.1) is 5.56 Å². The number of amides is 1. The van der Waals surface area contributed by atoms with E-state index in [1.807, 2.05) is 0 Å². The van der Waals surface area contributed by atoms with Crippen LogP contribution in [0, 0.1) is 6.92 Å². The van der Waals surface area contributed by atoms with E-state index < -0.39 is 23.6 Å². The molecule has 1 amide bonds. The Morgan fingerprint density at radius 1 is 1.17 bits per heavy atom. The van der Waals surface area contributed by atoms with Crippen molar-refractivity contribution in [2.24, 2.45) is 0 Å². The van der Waals surface area contributed by atoms with Crippen LogP contribution >= 0.6 is 15.9 Å². The van der Waals surface area contributed by atoms with E-state index >= 15 is 0 Å². The smallest absolute Gasteiger partial charge is 0.410 e. The summed E-state index contributed by atoms with van der Waals surface area (Å²) in [5, 5.41) is 6.28. The van der Waals surface area contributed by atoms with Crippen LogP contribution < -0.4 is 5.32 Å². The maximum absolute atomic E-state index is 13.2. The number of nitrogens with one attached hydrogen (secondary N) is 1. The van der Waals surface area contributed by atoms with Gasteiger partial charge < -0.3 is 9.26 Å². The summed E-state index contributed by atoms with van der Waals surface area (Å²) in [6, 6.07) is 11.8. The molecule has 3 aromatic rings. The van der Waals surface area contributed by atoms with Gasteiger partial charge in [-0.05, 0) is 37.3 Å². The lowest BCUT2D eigenvalue weighted by Gasteiger charge is -2.14. The molecule has 0 aliphatic heterocycles. The third kappa shape index (κ3) is 4.68. The van der Waals surface area contributed by atoms with Gasteiger partial charge >= 0.3 is 12.3 Å². The van der Waals surface area contributed by atoms with E-state index in [2.05, 4.69) is 33.0 Å². The molecule has 2 aromatic carbocycles. The Bertz CT molecular complexity index is 1060. The molecule has 0 bridgehead atoms. The highest BCUT2D eigenvalue weighted by Crippen LogP contribution is 2.35. The molecular formula is C20H14BrF3N2O3. The maximum atomic E-state index is 13.2. The second kappa shape index (κ2) is 8.12. The molecule has 1 N–H and O–H groups in total. The van der Waals surface area contributed by atoms with E-state index in [0.717, 1.165) is 10.5 Å². The number of anilines is 1. The summed E-state index contributed by atoms with van der Waals surface area (Å²) in [6.45, 7) is 5.06. The number of halogens is 4. The molecule has 0 radical (unpaired) electrons. The zero-order valence-corrected chi connectivity index (χ0v) is 16.6. The minimum absolute atomic E-state index is 0.245. The largest absolute Gasteiger partial charge is 0.417 e. The predicted octanol–water partition coefficient (Wildman–Crippen LogP) is 6.65. The van der Waals surface area contributed by atoms with Gasteiger partial charge in [-0.1, -0.05) is 45.9 Å². The van der Waals surface area contributed by atoms with Crippen molar-refractivity contribution in [1.29, 1.82) is 0 Å². The van der Waals surface area contributed by atoms with Crippen molar-refractivity contribution < 1.29 is 27.2 Å². The number of rotatable bonds is 4. The number of hydrogen-bond donors (Lipinski definition) is 1.